The van der Waals surface area contributed by atoms with Gasteiger partial charge in [0.25, 0.3) is 0 Å². The summed E-state index contributed by atoms with van der Waals surface area (Å²) in [5.74, 6) is -0.363. The molecule has 2 aromatic heterocycles. The van der Waals surface area contributed by atoms with Gasteiger partial charge in [0, 0.05) is 18.1 Å². The van der Waals surface area contributed by atoms with Crippen LogP contribution in [0, 0.1) is 0 Å². The average Bonchev–Trinajstić information content (AvgIpc) is 2.85. The van der Waals surface area contributed by atoms with Crippen LogP contribution in [0.5, 0.6) is 0 Å². The van der Waals surface area contributed by atoms with Gasteiger partial charge in [0.05, 0.1) is 19.3 Å². The Kier molecular flexibility index (Phi) is 3.40. The lowest BCUT2D eigenvalue weighted by molar-refractivity contribution is 0.0594. The largest absolute Gasteiger partial charge is 0.464 e. The first-order valence-corrected chi connectivity index (χ1v) is 5.19. The van der Waals surface area contributed by atoms with Gasteiger partial charge in [-0.1, -0.05) is 0 Å². The van der Waals surface area contributed by atoms with E-state index in [1.165, 1.54) is 7.11 Å². The average molecular weight is 231 g/mol. The topological polar surface area (TPSA) is 67.0 Å². The number of H-pyrrole nitrogens is 1. The van der Waals surface area contributed by atoms with Crippen LogP contribution in [0.1, 0.15) is 16.2 Å². The van der Waals surface area contributed by atoms with Gasteiger partial charge in [-0.15, -0.1) is 0 Å². The Labute approximate surface area is 98.8 Å². The highest BCUT2D eigenvalue weighted by atomic mass is 16.5. The Balaban J connectivity index is 1.96. The molecule has 0 aromatic carbocycles. The van der Waals surface area contributed by atoms with Crippen molar-refractivity contribution in [3.05, 3.63) is 48.0 Å². The molecular formula is C12H13N3O2. The monoisotopic (exact) mass is 231 g/mol. The van der Waals surface area contributed by atoms with Crippen LogP contribution in [0.3, 0.4) is 0 Å². The number of aromatic amines is 1. The molecule has 0 bridgehead atoms. The third-order valence-corrected chi connectivity index (χ3v) is 2.30. The lowest BCUT2D eigenvalue weighted by Gasteiger charge is -2.03. The molecule has 0 amide bonds. The van der Waals surface area contributed by atoms with E-state index in [4.69, 9.17) is 0 Å². The smallest absolute Gasteiger partial charge is 0.354 e. The van der Waals surface area contributed by atoms with Crippen LogP contribution in [0.15, 0.2) is 36.7 Å². The molecule has 88 valence electrons. The molecule has 0 atom stereocenters. The van der Waals surface area contributed by atoms with Crippen LogP contribution in [0.4, 0.5) is 5.69 Å². The molecule has 0 aliphatic rings. The molecule has 2 heterocycles. The van der Waals surface area contributed by atoms with E-state index in [0.29, 0.717) is 12.2 Å². The number of aromatic nitrogens is 2. The number of carbonyl (C=O) groups excluding carboxylic acids is 1. The Morgan fingerprint density at radius 2 is 2.35 bits per heavy atom. The van der Waals surface area contributed by atoms with Gasteiger partial charge < -0.3 is 15.0 Å². The molecule has 0 aliphatic carbocycles. The minimum atomic E-state index is -0.363. The van der Waals surface area contributed by atoms with Gasteiger partial charge in [-0.25, -0.2) is 4.79 Å². The molecule has 0 radical (unpaired) electrons. The zero-order valence-corrected chi connectivity index (χ0v) is 9.43. The molecule has 0 fully saturated rings. The Morgan fingerprint density at radius 3 is 3.06 bits per heavy atom. The van der Waals surface area contributed by atoms with Gasteiger partial charge in [0.15, 0.2) is 0 Å². The van der Waals surface area contributed by atoms with E-state index < -0.39 is 0 Å². The molecule has 0 spiro atoms. The van der Waals surface area contributed by atoms with Gasteiger partial charge in [-0.2, -0.15) is 0 Å². The zero-order chi connectivity index (χ0) is 12.1. The van der Waals surface area contributed by atoms with Crippen LogP contribution < -0.4 is 5.32 Å². The molecule has 5 heteroatoms. The third kappa shape index (κ3) is 2.84. The molecule has 0 saturated carbocycles. The number of nitrogens with zero attached hydrogens (tertiary/aromatic N) is 1. The van der Waals surface area contributed by atoms with E-state index in [-0.39, 0.29) is 5.97 Å². The quantitative estimate of drug-likeness (QED) is 0.787. The maximum absolute atomic E-state index is 11.2. The predicted octanol–water partition coefficient (Wildman–Crippen LogP) is 1.81. The molecule has 17 heavy (non-hydrogen) atoms. The van der Waals surface area contributed by atoms with Crippen molar-refractivity contribution in [2.45, 2.75) is 6.54 Å². The van der Waals surface area contributed by atoms with Crippen LogP contribution in [0.2, 0.25) is 0 Å². The Morgan fingerprint density at radius 1 is 1.47 bits per heavy atom. The maximum atomic E-state index is 11.2. The van der Waals surface area contributed by atoms with Gasteiger partial charge in [0.2, 0.25) is 0 Å². The van der Waals surface area contributed by atoms with Crippen LogP contribution in [-0.2, 0) is 11.3 Å². The molecule has 2 aromatic rings. The van der Waals surface area contributed by atoms with E-state index in [1.54, 1.807) is 18.5 Å². The first kappa shape index (κ1) is 11.2. The summed E-state index contributed by atoms with van der Waals surface area (Å²) in [6, 6.07) is 7.33. The second kappa shape index (κ2) is 5.16. The van der Waals surface area contributed by atoms with Crippen LogP contribution >= 0.6 is 0 Å². The summed E-state index contributed by atoms with van der Waals surface area (Å²) in [5, 5.41) is 3.19. The number of nitrogens with one attached hydrogen (secondary N) is 2. The Hall–Kier alpha value is -2.30. The number of hydrogen-bond acceptors (Lipinski definition) is 4. The summed E-state index contributed by atoms with van der Waals surface area (Å²) in [4.78, 5) is 18.2. The van der Waals surface area contributed by atoms with Gasteiger partial charge in [0.1, 0.15) is 5.69 Å². The summed E-state index contributed by atoms with van der Waals surface area (Å²) < 4.78 is 4.61. The van der Waals surface area contributed by atoms with Crippen molar-refractivity contribution in [1.82, 2.24) is 9.97 Å². The van der Waals surface area contributed by atoms with E-state index in [2.05, 4.69) is 20.0 Å². The number of hydrogen-bond donors (Lipinski definition) is 2. The van der Waals surface area contributed by atoms with E-state index >= 15 is 0 Å². The van der Waals surface area contributed by atoms with Gasteiger partial charge >= 0.3 is 5.97 Å². The molecule has 2 rings (SSSR count). The summed E-state index contributed by atoms with van der Waals surface area (Å²) in [7, 11) is 1.36. The van der Waals surface area contributed by atoms with Crippen molar-refractivity contribution in [2.24, 2.45) is 0 Å². The first-order valence-electron chi connectivity index (χ1n) is 5.19. The van der Waals surface area contributed by atoms with Crippen molar-refractivity contribution < 1.29 is 9.53 Å². The highest BCUT2D eigenvalue weighted by Crippen LogP contribution is 2.07. The van der Waals surface area contributed by atoms with Crippen molar-refractivity contribution in [1.29, 1.82) is 0 Å². The molecule has 2 N–H and O–H groups in total. The fourth-order valence-electron chi connectivity index (χ4n) is 1.44. The second-order valence-corrected chi connectivity index (χ2v) is 3.48. The molecule has 0 unspecified atom stereocenters. The summed E-state index contributed by atoms with van der Waals surface area (Å²) in [5.41, 5.74) is 2.30. The number of esters is 1. The van der Waals surface area contributed by atoms with Crippen LogP contribution in [-0.4, -0.2) is 23.0 Å². The maximum Gasteiger partial charge on any atom is 0.354 e. The Bertz CT molecular complexity index is 493. The number of ether oxygens (including phenoxy) is 1. The fourth-order valence-corrected chi connectivity index (χ4v) is 1.44. The van der Waals surface area contributed by atoms with E-state index in [1.807, 2.05) is 18.2 Å². The zero-order valence-electron chi connectivity index (χ0n) is 9.43. The number of anilines is 1. The summed E-state index contributed by atoms with van der Waals surface area (Å²) >= 11 is 0. The van der Waals surface area contributed by atoms with Gasteiger partial charge in [-0.3, -0.25) is 4.98 Å². The summed E-state index contributed by atoms with van der Waals surface area (Å²) in [6.45, 7) is 0.600. The number of carbonyl (C=O) groups is 1. The fraction of sp³-hybridized carbons (Fsp3) is 0.167. The van der Waals surface area contributed by atoms with Crippen molar-refractivity contribution in [3.8, 4) is 0 Å². The van der Waals surface area contributed by atoms with Crippen molar-refractivity contribution in [2.75, 3.05) is 12.4 Å². The highest BCUT2D eigenvalue weighted by molar-refractivity contribution is 5.87. The third-order valence-electron chi connectivity index (χ3n) is 2.30. The summed E-state index contributed by atoms with van der Waals surface area (Å²) in [6.07, 6.45) is 3.46. The molecular weight excluding hydrogens is 218 g/mol. The SMILES string of the molecule is COC(=O)c1ccc(CNc2cccnc2)[nH]1. The lowest BCUT2D eigenvalue weighted by Crippen LogP contribution is -2.03. The van der Waals surface area contributed by atoms with Crippen molar-refractivity contribution in [3.63, 3.8) is 0 Å². The molecule has 0 saturated heterocycles. The molecule has 0 aliphatic heterocycles. The number of pyridine rings is 1. The first-order chi connectivity index (χ1) is 8.29. The van der Waals surface area contributed by atoms with Crippen LogP contribution in [0.25, 0.3) is 0 Å². The molecule has 5 nitrogen and oxygen atoms in total. The minimum Gasteiger partial charge on any atom is -0.464 e. The number of methoxy groups -OCH3 is 1. The predicted molar refractivity (Wildman–Crippen MR) is 63.7 cm³/mol. The highest BCUT2D eigenvalue weighted by Gasteiger charge is 2.07. The lowest BCUT2D eigenvalue weighted by atomic mass is 10.4. The van der Waals surface area contributed by atoms with Gasteiger partial charge in [-0.05, 0) is 24.3 Å². The normalized spacial score (nSPS) is 9.94. The van der Waals surface area contributed by atoms with E-state index in [9.17, 15) is 4.79 Å². The number of rotatable bonds is 4. The minimum absolute atomic E-state index is 0.363. The van der Waals surface area contributed by atoms with Crippen molar-refractivity contribution >= 4 is 11.7 Å². The second-order valence-electron chi connectivity index (χ2n) is 3.48. The standard InChI is InChI=1S/C12H13N3O2/c1-17-12(16)11-5-4-10(15-11)8-14-9-3-2-6-13-7-9/h2-7,14-15H,8H2,1H3. The van der Waals surface area contributed by atoms with E-state index in [0.717, 1.165) is 11.4 Å².